The van der Waals surface area contributed by atoms with E-state index >= 15 is 0 Å². The monoisotopic (exact) mass is 223 g/mol. The van der Waals surface area contributed by atoms with E-state index in [0.29, 0.717) is 5.88 Å². The number of hydrogen-bond acceptors (Lipinski definition) is 2. The van der Waals surface area contributed by atoms with Crippen molar-refractivity contribution in [3.63, 3.8) is 0 Å². The van der Waals surface area contributed by atoms with E-state index in [-0.39, 0.29) is 0 Å². The second-order valence-electron chi connectivity index (χ2n) is 3.78. The standard InChI is InChI=1S/C14H11N2O/c1-17-14-9-11(6-7-15-14)13-8-10-4-2-3-5-12(10)16-13/h3-9,16H,1H3. The molecule has 0 atom stereocenters. The van der Waals surface area contributed by atoms with E-state index in [4.69, 9.17) is 4.74 Å². The third kappa shape index (κ3) is 1.76. The van der Waals surface area contributed by atoms with Crippen molar-refractivity contribution in [2.75, 3.05) is 7.11 Å². The van der Waals surface area contributed by atoms with Gasteiger partial charge >= 0.3 is 0 Å². The quantitative estimate of drug-likeness (QED) is 0.725. The van der Waals surface area contributed by atoms with Gasteiger partial charge in [0, 0.05) is 34.4 Å². The molecular weight excluding hydrogens is 212 g/mol. The summed E-state index contributed by atoms with van der Waals surface area (Å²) < 4.78 is 5.12. The molecule has 3 heteroatoms. The first kappa shape index (κ1) is 9.90. The minimum atomic E-state index is 0.618. The second-order valence-corrected chi connectivity index (χ2v) is 3.78. The SMILES string of the molecule is COc1cc(-c2cc3c[c]ccc3[nH]2)ccn1. The summed E-state index contributed by atoms with van der Waals surface area (Å²) in [5.41, 5.74) is 3.22. The van der Waals surface area contributed by atoms with Crippen LogP contribution >= 0.6 is 0 Å². The Balaban J connectivity index is 2.13. The summed E-state index contributed by atoms with van der Waals surface area (Å²) >= 11 is 0. The lowest BCUT2D eigenvalue weighted by Gasteiger charge is -2.00. The number of aromatic amines is 1. The van der Waals surface area contributed by atoms with Crippen LogP contribution in [0.15, 0.2) is 42.6 Å². The van der Waals surface area contributed by atoms with Gasteiger partial charge in [-0.25, -0.2) is 4.98 Å². The van der Waals surface area contributed by atoms with Crippen molar-refractivity contribution in [2.24, 2.45) is 0 Å². The van der Waals surface area contributed by atoms with E-state index < -0.39 is 0 Å². The van der Waals surface area contributed by atoms with E-state index in [1.807, 2.05) is 30.3 Å². The molecule has 0 unspecified atom stereocenters. The zero-order chi connectivity index (χ0) is 11.7. The molecule has 2 heterocycles. The molecule has 0 saturated heterocycles. The molecule has 83 valence electrons. The minimum Gasteiger partial charge on any atom is -0.481 e. The van der Waals surface area contributed by atoms with Gasteiger partial charge in [-0.3, -0.25) is 0 Å². The van der Waals surface area contributed by atoms with Gasteiger partial charge in [0.1, 0.15) is 0 Å². The van der Waals surface area contributed by atoms with Gasteiger partial charge in [-0.2, -0.15) is 0 Å². The van der Waals surface area contributed by atoms with Crippen molar-refractivity contribution >= 4 is 10.9 Å². The lowest BCUT2D eigenvalue weighted by molar-refractivity contribution is 0.398. The molecule has 0 saturated carbocycles. The number of methoxy groups -OCH3 is 1. The van der Waals surface area contributed by atoms with E-state index in [1.54, 1.807) is 13.3 Å². The Hall–Kier alpha value is -2.29. The van der Waals surface area contributed by atoms with Crippen LogP contribution < -0.4 is 4.74 Å². The highest BCUT2D eigenvalue weighted by Gasteiger charge is 2.04. The third-order valence-electron chi connectivity index (χ3n) is 2.72. The van der Waals surface area contributed by atoms with Gasteiger partial charge in [-0.15, -0.1) is 0 Å². The van der Waals surface area contributed by atoms with Crippen LogP contribution in [0.25, 0.3) is 22.2 Å². The number of benzene rings is 1. The molecule has 0 spiro atoms. The van der Waals surface area contributed by atoms with Crippen molar-refractivity contribution in [3.05, 3.63) is 48.7 Å². The van der Waals surface area contributed by atoms with Crippen molar-refractivity contribution in [2.45, 2.75) is 0 Å². The molecule has 3 aromatic rings. The Morgan fingerprint density at radius 2 is 2.24 bits per heavy atom. The summed E-state index contributed by atoms with van der Waals surface area (Å²) in [5.74, 6) is 0.618. The van der Waals surface area contributed by atoms with E-state index in [2.05, 4.69) is 22.1 Å². The summed E-state index contributed by atoms with van der Waals surface area (Å²) in [4.78, 5) is 7.45. The van der Waals surface area contributed by atoms with Crippen LogP contribution in [0, 0.1) is 6.07 Å². The molecule has 1 N–H and O–H groups in total. The fourth-order valence-electron chi connectivity index (χ4n) is 1.86. The fourth-order valence-corrected chi connectivity index (χ4v) is 1.86. The molecule has 0 fully saturated rings. The highest BCUT2D eigenvalue weighted by molar-refractivity contribution is 5.85. The topological polar surface area (TPSA) is 37.9 Å². The zero-order valence-electron chi connectivity index (χ0n) is 9.40. The summed E-state index contributed by atoms with van der Waals surface area (Å²) in [6, 6.07) is 14.9. The number of hydrogen-bond donors (Lipinski definition) is 1. The third-order valence-corrected chi connectivity index (χ3v) is 2.72. The first-order valence-corrected chi connectivity index (χ1v) is 5.36. The van der Waals surface area contributed by atoms with Crippen molar-refractivity contribution < 1.29 is 4.74 Å². The molecule has 3 rings (SSSR count). The molecule has 0 amide bonds. The molecule has 0 aliphatic rings. The van der Waals surface area contributed by atoms with Gasteiger partial charge in [-0.1, -0.05) is 6.07 Å². The summed E-state index contributed by atoms with van der Waals surface area (Å²) in [5, 5.41) is 1.15. The molecule has 2 aromatic heterocycles. The van der Waals surface area contributed by atoms with Gasteiger partial charge in [0.25, 0.3) is 0 Å². The number of nitrogens with zero attached hydrogens (tertiary/aromatic N) is 1. The zero-order valence-corrected chi connectivity index (χ0v) is 9.40. The summed E-state index contributed by atoms with van der Waals surface area (Å²) in [6.45, 7) is 0. The van der Waals surface area contributed by atoms with Gasteiger partial charge in [0.2, 0.25) is 5.88 Å². The first-order valence-electron chi connectivity index (χ1n) is 5.36. The van der Waals surface area contributed by atoms with Crippen LogP contribution in [-0.4, -0.2) is 17.1 Å². The predicted molar refractivity (Wildman–Crippen MR) is 66.9 cm³/mol. The Morgan fingerprint density at radius 1 is 1.29 bits per heavy atom. The fraction of sp³-hybridized carbons (Fsp3) is 0.0714. The van der Waals surface area contributed by atoms with Crippen molar-refractivity contribution in [3.8, 4) is 17.1 Å². The maximum atomic E-state index is 5.12. The number of pyridine rings is 1. The van der Waals surface area contributed by atoms with E-state index in [0.717, 1.165) is 22.2 Å². The number of aromatic nitrogens is 2. The van der Waals surface area contributed by atoms with E-state index in [9.17, 15) is 0 Å². The number of fused-ring (bicyclic) bond motifs is 1. The lowest BCUT2D eigenvalue weighted by Crippen LogP contribution is -1.87. The van der Waals surface area contributed by atoms with E-state index in [1.165, 1.54) is 0 Å². The maximum absolute atomic E-state index is 5.12. The average molecular weight is 223 g/mol. The Kier molecular flexibility index (Phi) is 2.29. The average Bonchev–Trinajstić information content (AvgIpc) is 2.82. The predicted octanol–water partition coefficient (Wildman–Crippen LogP) is 3.04. The van der Waals surface area contributed by atoms with Gasteiger partial charge in [-0.05, 0) is 30.3 Å². The molecular formula is C14H11N2O. The van der Waals surface area contributed by atoms with Crippen molar-refractivity contribution in [1.82, 2.24) is 9.97 Å². The maximum Gasteiger partial charge on any atom is 0.213 e. The van der Waals surface area contributed by atoms with Crippen LogP contribution in [0.3, 0.4) is 0 Å². The number of nitrogens with one attached hydrogen (secondary N) is 1. The van der Waals surface area contributed by atoms with Crippen molar-refractivity contribution in [1.29, 1.82) is 0 Å². The van der Waals surface area contributed by atoms with Gasteiger partial charge < -0.3 is 9.72 Å². The molecule has 0 aliphatic carbocycles. The molecule has 0 aliphatic heterocycles. The first-order chi connectivity index (χ1) is 8.36. The van der Waals surface area contributed by atoms with Crippen LogP contribution in [-0.2, 0) is 0 Å². The Bertz CT molecular complexity index is 625. The number of rotatable bonds is 2. The number of ether oxygens (including phenoxy) is 1. The minimum absolute atomic E-state index is 0.618. The van der Waals surface area contributed by atoms with Crippen LogP contribution in [0.1, 0.15) is 0 Å². The van der Waals surface area contributed by atoms with Crippen LogP contribution in [0.5, 0.6) is 5.88 Å². The molecule has 0 bridgehead atoms. The Morgan fingerprint density at radius 3 is 3.06 bits per heavy atom. The summed E-state index contributed by atoms with van der Waals surface area (Å²) in [7, 11) is 1.62. The normalized spacial score (nSPS) is 10.6. The largest absolute Gasteiger partial charge is 0.481 e. The van der Waals surface area contributed by atoms with Gasteiger partial charge in [0.05, 0.1) is 7.11 Å². The second kappa shape index (κ2) is 3.94. The van der Waals surface area contributed by atoms with Crippen LogP contribution in [0.4, 0.5) is 0 Å². The van der Waals surface area contributed by atoms with Crippen LogP contribution in [0.2, 0.25) is 0 Å². The lowest BCUT2D eigenvalue weighted by atomic mass is 10.2. The molecule has 1 radical (unpaired) electrons. The number of H-pyrrole nitrogens is 1. The Labute approximate surface area is 99.1 Å². The highest BCUT2D eigenvalue weighted by Crippen LogP contribution is 2.25. The highest BCUT2D eigenvalue weighted by atomic mass is 16.5. The molecule has 3 nitrogen and oxygen atoms in total. The molecule has 1 aromatic carbocycles. The molecule has 17 heavy (non-hydrogen) atoms. The van der Waals surface area contributed by atoms with Gasteiger partial charge in [0.15, 0.2) is 0 Å². The smallest absolute Gasteiger partial charge is 0.213 e. The summed E-state index contributed by atoms with van der Waals surface area (Å²) in [6.07, 6.45) is 1.74.